The molecule has 3 aromatic rings. The number of fused-ring (bicyclic) bond motifs is 1. The van der Waals surface area contributed by atoms with Crippen molar-refractivity contribution < 1.29 is 4.74 Å². The van der Waals surface area contributed by atoms with Crippen LogP contribution in [0.1, 0.15) is 54.3 Å². The van der Waals surface area contributed by atoms with Crippen LogP contribution in [0.2, 0.25) is 0 Å². The van der Waals surface area contributed by atoms with E-state index >= 15 is 0 Å². The quantitative estimate of drug-likeness (QED) is 0.480. The van der Waals surface area contributed by atoms with Crippen LogP contribution in [0.5, 0.6) is 5.75 Å². The molecule has 0 saturated heterocycles. The Morgan fingerprint density at radius 2 is 1.87 bits per heavy atom. The van der Waals surface area contributed by atoms with Crippen LogP contribution >= 0.6 is 0 Å². The first kappa shape index (κ1) is 20.6. The van der Waals surface area contributed by atoms with Crippen LogP contribution in [-0.4, -0.2) is 23.0 Å². The Balaban J connectivity index is 1.41. The molecule has 3 heteroatoms. The van der Waals surface area contributed by atoms with Gasteiger partial charge in [0.25, 0.3) is 0 Å². The highest BCUT2D eigenvalue weighted by Gasteiger charge is 2.26. The highest BCUT2D eigenvalue weighted by Crippen LogP contribution is 2.35. The molecule has 0 aliphatic carbocycles. The van der Waals surface area contributed by atoms with Gasteiger partial charge in [-0.15, -0.1) is 0 Å². The zero-order chi connectivity index (χ0) is 20.8. The molecule has 30 heavy (non-hydrogen) atoms. The number of hydrogen-bond donors (Lipinski definition) is 0. The molecule has 0 bridgehead atoms. The summed E-state index contributed by atoms with van der Waals surface area (Å²) in [5.41, 5.74) is 6.65. The van der Waals surface area contributed by atoms with E-state index in [1.54, 1.807) is 0 Å². The first-order chi connectivity index (χ1) is 14.8. The Bertz CT molecular complexity index is 937. The standard InChI is InChI=1S/C27H32N2O/c1-3-21-10-12-24(28-19-21)15-17-30-25-13-11-23-14-16-29(27(4-2)26(23)18-25)20-22-8-6-5-7-9-22/h5-13,18-19,27H,3-4,14-17,20H2,1-2H3. The van der Waals surface area contributed by atoms with Gasteiger partial charge in [0.2, 0.25) is 0 Å². The Morgan fingerprint density at radius 3 is 2.60 bits per heavy atom. The SMILES string of the molecule is CCc1ccc(CCOc2ccc3c(c2)C(CC)N(Cc2ccccc2)CC3)nc1. The Morgan fingerprint density at radius 1 is 1.00 bits per heavy atom. The fourth-order valence-corrected chi connectivity index (χ4v) is 4.39. The zero-order valence-corrected chi connectivity index (χ0v) is 18.2. The molecule has 0 fully saturated rings. The van der Waals surface area contributed by atoms with Crippen molar-refractivity contribution in [1.29, 1.82) is 0 Å². The molecule has 1 aliphatic heterocycles. The molecule has 156 valence electrons. The molecule has 0 saturated carbocycles. The maximum absolute atomic E-state index is 6.12. The van der Waals surface area contributed by atoms with Gasteiger partial charge in [-0.25, -0.2) is 0 Å². The van der Waals surface area contributed by atoms with Gasteiger partial charge in [0.1, 0.15) is 5.75 Å². The molecular weight excluding hydrogens is 368 g/mol. The van der Waals surface area contributed by atoms with Crippen LogP contribution in [-0.2, 0) is 25.8 Å². The van der Waals surface area contributed by atoms with Crippen molar-refractivity contribution in [3.8, 4) is 5.75 Å². The third-order valence-corrected chi connectivity index (χ3v) is 6.12. The minimum atomic E-state index is 0.445. The molecule has 1 aromatic heterocycles. The third-order valence-electron chi connectivity index (χ3n) is 6.12. The molecule has 1 unspecified atom stereocenters. The lowest BCUT2D eigenvalue weighted by molar-refractivity contribution is 0.171. The normalized spacial score (nSPS) is 16.3. The second kappa shape index (κ2) is 9.90. The maximum Gasteiger partial charge on any atom is 0.119 e. The number of rotatable bonds is 8. The second-order valence-corrected chi connectivity index (χ2v) is 8.10. The highest BCUT2D eigenvalue weighted by molar-refractivity contribution is 5.39. The van der Waals surface area contributed by atoms with Gasteiger partial charge in [-0.05, 0) is 59.7 Å². The minimum absolute atomic E-state index is 0.445. The average molecular weight is 401 g/mol. The van der Waals surface area contributed by atoms with E-state index in [-0.39, 0.29) is 0 Å². The van der Waals surface area contributed by atoms with E-state index in [9.17, 15) is 0 Å². The molecule has 3 nitrogen and oxygen atoms in total. The van der Waals surface area contributed by atoms with Gasteiger partial charge in [0, 0.05) is 37.4 Å². The molecule has 1 aliphatic rings. The lowest BCUT2D eigenvalue weighted by Gasteiger charge is -2.37. The summed E-state index contributed by atoms with van der Waals surface area (Å²) in [6.07, 6.45) is 6.04. The van der Waals surface area contributed by atoms with E-state index in [1.165, 1.54) is 22.3 Å². The predicted octanol–water partition coefficient (Wildman–Crippen LogP) is 5.77. The number of hydrogen-bond acceptors (Lipinski definition) is 3. The molecular formula is C27H32N2O. The van der Waals surface area contributed by atoms with Gasteiger partial charge in [-0.1, -0.05) is 56.3 Å². The number of nitrogens with zero attached hydrogens (tertiary/aromatic N) is 2. The summed E-state index contributed by atoms with van der Waals surface area (Å²) >= 11 is 0. The van der Waals surface area contributed by atoms with Crippen LogP contribution in [0, 0.1) is 0 Å². The molecule has 2 heterocycles. The summed E-state index contributed by atoms with van der Waals surface area (Å²) in [5, 5.41) is 0. The van der Waals surface area contributed by atoms with Gasteiger partial charge in [0.15, 0.2) is 0 Å². The minimum Gasteiger partial charge on any atom is -0.493 e. The number of aryl methyl sites for hydroxylation is 1. The molecule has 4 rings (SSSR count). The van der Waals surface area contributed by atoms with Crippen molar-refractivity contribution in [2.24, 2.45) is 0 Å². The maximum atomic E-state index is 6.12. The summed E-state index contributed by atoms with van der Waals surface area (Å²) in [4.78, 5) is 7.15. The van der Waals surface area contributed by atoms with Gasteiger partial charge in [0.05, 0.1) is 6.61 Å². The van der Waals surface area contributed by atoms with E-state index in [2.05, 4.69) is 84.4 Å². The van der Waals surface area contributed by atoms with Gasteiger partial charge < -0.3 is 4.74 Å². The van der Waals surface area contributed by atoms with Crippen LogP contribution in [0.4, 0.5) is 0 Å². The molecule has 0 radical (unpaired) electrons. The lowest BCUT2D eigenvalue weighted by atomic mass is 9.90. The first-order valence-corrected chi connectivity index (χ1v) is 11.2. The van der Waals surface area contributed by atoms with Crippen LogP contribution < -0.4 is 4.74 Å². The monoisotopic (exact) mass is 400 g/mol. The first-order valence-electron chi connectivity index (χ1n) is 11.2. The van der Waals surface area contributed by atoms with Crippen molar-refractivity contribution >= 4 is 0 Å². The van der Waals surface area contributed by atoms with Crippen molar-refractivity contribution in [2.45, 2.75) is 52.1 Å². The van der Waals surface area contributed by atoms with Crippen molar-refractivity contribution in [1.82, 2.24) is 9.88 Å². The predicted molar refractivity (Wildman–Crippen MR) is 123 cm³/mol. The molecule has 0 N–H and O–H groups in total. The average Bonchev–Trinajstić information content (AvgIpc) is 2.80. The Hall–Kier alpha value is -2.65. The fraction of sp³-hybridized carbons (Fsp3) is 0.370. The zero-order valence-electron chi connectivity index (χ0n) is 18.2. The van der Waals surface area contributed by atoms with Gasteiger partial charge in [-0.2, -0.15) is 0 Å². The topological polar surface area (TPSA) is 25.4 Å². The van der Waals surface area contributed by atoms with Gasteiger partial charge >= 0.3 is 0 Å². The van der Waals surface area contributed by atoms with Crippen molar-refractivity contribution in [3.63, 3.8) is 0 Å². The summed E-state index contributed by atoms with van der Waals surface area (Å²) in [6.45, 7) is 7.21. The number of benzene rings is 2. The molecule has 0 spiro atoms. The van der Waals surface area contributed by atoms with Crippen molar-refractivity contribution in [3.05, 3.63) is 94.8 Å². The fourth-order valence-electron chi connectivity index (χ4n) is 4.39. The van der Waals surface area contributed by atoms with E-state index in [1.807, 2.05) is 6.20 Å². The van der Waals surface area contributed by atoms with E-state index in [0.717, 1.165) is 50.2 Å². The second-order valence-electron chi connectivity index (χ2n) is 8.10. The van der Waals surface area contributed by atoms with E-state index < -0.39 is 0 Å². The summed E-state index contributed by atoms with van der Waals surface area (Å²) < 4.78 is 6.12. The van der Waals surface area contributed by atoms with Crippen LogP contribution in [0.15, 0.2) is 66.9 Å². The number of pyridine rings is 1. The van der Waals surface area contributed by atoms with E-state index in [4.69, 9.17) is 4.74 Å². The number of ether oxygens (including phenoxy) is 1. The lowest BCUT2D eigenvalue weighted by Crippen LogP contribution is -2.34. The van der Waals surface area contributed by atoms with Crippen LogP contribution in [0.3, 0.4) is 0 Å². The molecule has 0 amide bonds. The Kier molecular flexibility index (Phi) is 6.81. The summed E-state index contributed by atoms with van der Waals surface area (Å²) in [5.74, 6) is 0.971. The smallest absolute Gasteiger partial charge is 0.119 e. The number of aromatic nitrogens is 1. The summed E-state index contributed by atoms with van der Waals surface area (Å²) in [7, 11) is 0. The largest absolute Gasteiger partial charge is 0.493 e. The third kappa shape index (κ3) is 4.91. The highest BCUT2D eigenvalue weighted by atomic mass is 16.5. The van der Waals surface area contributed by atoms with E-state index in [0.29, 0.717) is 12.6 Å². The molecule has 1 atom stereocenters. The summed E-state index contributed by atoms with van der Waals surface area (Å²) in [6, 6.07) is 22.2. The van der Waals surface area contributed by atoms with Crippen LogP contribution in [0.25, 0.3) is 0 Å². The van der Waals surface area contributed by atoms with Gasteiger partial charge in [-0.3, -0.25) is 9.88 Å². The Labute approximate surface area is 180 Å². The van der Waals surface area contributed by atoms with Crippen molar-refractivity contribution in [2.75, 3.05) is 13.2 Å². The molecule has 2 aromatic carbocycles.